The van der Waals surface area contributed by atoms with Crippen molar-refractivity contribution in [1.29, 1.82) is 0 Å². The van der Waals surface area contributed by atoms with Crippen LogP contribution >= 0.6 is 0 Å². The lowest BCUT2D eigenvalue weighted by molar-refractivity contribution is -0.136. The predicted molar refractivity (Wildman–Crippen MR) is 121 cm³/mol. The minimum atomic E-state index is -0.680. The highest BCUT2D eigenvalue weighted by molar-refractivity contribution is 5.94. The van der Waals surface area contributed by atoms with Gasteiger partial charge in [-0.15, -0.1) is 0 Å². The maximum Gasteiger partial charge on any atom is 0.289 e. The van der Waals surface area contributed by atoms with E-state index in [4.69, 9.17) is 4.42 Å². The van der Waals surface area contributed by atoms with Crippen molar-refractivity contribution in [2.24, 2.45) is 5.41 Å². The molecule has 1 spiro atoms. The fraction of sp³-hybridized carbons (Fsp3) is 0.440. The van der Waals surface area contributed by atoms with Gasteiger partial charge < -0.3 is 18.8 Å². The van der Waals surface area contributed by atoms with Crippen molar-refractivity contribution in [2.45, 2.75) is 45.7 Å². The summed E-state index contributed by atoms with van der Waals surface area (Å²) in [4.78, 5) is 39.6. The number of hydrogen-bond donors (Lipinski definition) is 0. The number of amides is 2. The van der Waals surface area contributed by atoms with E-state index < -0.39 is 5.41 Å². The first kappa shape index (κ1) is 21.4. The van der Waals surface area contributed by atoms with Crippen LogP contribution < -0.4 is 0 Å². The molecule has 0 bridgehead atoms. The van der Waals surface area contributed by atoms with Crippen LogP contribution in [0.5, 0.6) is 0 Å². The lowest BCUT2D eigenvalue weighted by atomic mass is 9.75. The number of nitrogens with zero attached hydrogens (tertiary/aromatic N) is 5. The standard InChI is InChI=1S/C25H29N5O3/c1-17(2)30-14-21(27-16-30)20-13-29(23(31)22-5-4-18(3)33-22)15-25(20)8-11-28(24(25)32)12-19-6-9-26-10-7-19/h4-7,9-10,14,16-17,20H,8,11-13,15H2,1-3H3/t20-,25+/m1/s1. The first-order chi connectivity index (χ1) is 15.9. The summed E-state index contributed by atoms with van der Waals surface area (Å²) >= 11 is 0. The van der Waals surface area contributed by atoms with Gasteiger partial charge in [0.15, 0.2) is 5.76 Å². The third kappa shape index (κ3) is 3.73. The molecule has 2 aliphatic heterocycles. The molecule has 2 aliphatic rings. The molecule has 0 unspecified atom stereocenters. The van der Waals surface area contributed by atoms with Crippen molar-refractivity contribution in [3.05, 3.63) is 72.0 Å². The Balaban J connectivity index is 1.47. The minimum Gasteiger partial charge on any atom is -0.456 e. The van der Waals surface area contributed by atoms with Crippen LogP contribution in [0.1, 0.15) is 59.8 Å². The fourth-order valence-corrected chi connectivity index (χ4v) is 5.15. The van der Waals surface area contributed by atoms with Gasteiger partial charge in [-0.05, 0) is 57.0 Å². The number of furan rings is 1. The molecule has 0 aliphatic carbocycles. The third-order valence-corrected chi connectivity index (χ3v) is 7.02. The molecule has 0 saturated carbocycles. The average Bonchev–Trinajstić information content (AvgIpc) is 3.58. The van der Waals surface area contributed by atoms with Crippen LogP contribution in [-0.4, -0.2) is 55.8 Å². The molecule has 0 radical (unpaired) electrons. The molecule has 33 heavy (non-hydrogen) atoms. The molecule has 0 aromatic carbocycles. The van der Waals surface area contributed by atoms with E-state index in [0.717, 1.165) is 11.3 Å². The SMILES string of the molecule is Cc1ccc(C(=O)N2C[C@H](c3cn(C(C)C)cn3)[C@]3(CCN(Cc4ccncc4)C3=O)C2)o1. The summed E-state index contributed by atoms with van der Waals surface area (Å²) in [6.07, 6.45) is 8.03. The Bertz CT molecular complexity index is 1170. The molecule has 5 heterocycles. The topological polar surface area (TPSA) is 84.5 Å². The Hall–Kier alpha value is -3.42. The van der Waals surface area contributed by atoms with Gasteiger partial charge >= 0.3 is 0 Å². The van der Waals surface area contributed by atoms with Crippen molar-refractivity contribution in [3.63, 3.8) is 0 Å². The highest BCUT2D eigenvalue weighted by atomic mass is 16.3. The van der Waals surface area contributed by atoms with E-state index in [-0.39, 0.29) is 23.8 Å². The summed E-state index contributed by atoms with van der Waals surface area (Å²) in [6.45, 7) is 8.04. The maximum atomic E-state index is 13.9. The summed E-state index contributed by atoms with van der Waals surface area (Å²) in [5.41, 5.74) is 1.24. The van der Waals surface area contributed by atoms with Gasteiger partial charge in [-0.2, -0.15) is 0 Å². The summed E-state index contributed by atoms with van der Waals surface area (Å²) in [5.74, 6) is 0.769. The lowest BCUT2D eigenvalue weighted by Crippen LogP contribution is -2.40. The molecule has 172 valence electrons. The smallest absolute Gasteiger partial charge is 0.289 e. The minimum absolute atomic E-state index is 0.0920. The molecular weight excluding hydrogens is 418 g/mol. The number of carbonyl (C=O) groups is 2. The van der Waals surface area contributed by atoms with Crippen molar-refractivity contribution in [3.8, 4) is 0 Å². The van der Waals surface area contributed by atoms with Crippen molar-refractivity contribution in [1.82, 2.24) is 24.3 Å². The first-order valence-electron chi connectivity index (χ1n) is 11.4. The molecule has 2 atom stereocenters. The van der Waals surface area contributed by atoms with E-state index in [2.05, 4.69) is 28.4 Å². The summed E-state index contributed by atoms with van der Waals surface area (Å²) in [7, 11) is 0. The number of hydrogen-bond acceptors (Lipinski definition) is 5. The van der Waals surface area contributed by atoms with Gasteiger partial charge in [-0.25, -0.2) is 4.98 Å². The number of aromatic nitrogens is 3. The maximum absolute atomic E-state index is 13.9. The summed E-state index contributed by atoms with van der Waals surface area (Å²) < 4.78 is 7.65. The second-order valence-electron chi connectivity index (χ2n) is 9.48. The highest BCUT2D eigenvalue weighted by Gasteiger charge is 2.58. The molecule has 2 fully saturated rings. The van der Waals surface area contributed by atoms with Crippen LogP contribution in [0.4, 0.5) is 0 Å². The fourth-order valence-electron chi connectivity index (χ4n) is 5.15. The number of aryl methyl sites for hydroxylation is 1. The second kappa shape index (κ2) is 8.17. The van der Waals surface area contributed by atoms with Crippen LogP contribution in [0.25, 0.3) is 0 Å². The number of likely N-dealkylation sites (tertiary alicyclic amines) is 2. The molecule has 2 saturated heterocycles. The second-order valence-corrected chi connectivity index (χ2v) is 9.48. The molecule has 3 aromatic heterocycles. The quantitative estimate of drug-likeness (QED) is 0.598. The van der Waals surface area contributed by atoms with Crippen LogP contribution in [0.15, 0.2) is 53.6 Å². The summed E-state index contributed by atoms with van der Waals surface area (Å²) in [6, 6.07) is 7.64. The first-order valence-corrected chi connectivity index (χ1v) is 11.4. The molecule has 0 N–H and O–H groups in total. The molecule has 8 heteroatoms. The Morgan fingerprint density at radius 3 is 2.70 bits per heavy atom. The van der Waals surface area contributed by atoms with Gasteiger partial charge in [0.2, 0.25) is 5.91 Å². The zero-order valence-electron chi connectivity index (χ0n) is 19.3. The Morgan fingerprint density at radius 1 is 1.24 bits per heavy atom. The van der Waals surface area contributed by atoms with Crippen molar-refractivity contribution < 1.29 is 14.0 Å². The molecular formula is C25H29N5O3. The van der Waals surface area contributed by atoms with E-state index in [1.165, 1.54) is 0 Å². The van der Waals surface area contributed by atoms with Crippen LogP contribution in [-0.2, 0) is 11.3 Å². The van der Waals surface area contributed by atoms with Gasteiger partial charge in [0.25, 0.3) is 5.91 Å². The monoisotopic (exact) mass is 447 g/mol. The molecule has 3 aromatic rings. The van der Waals surface area contributed by atoms with E-state index in [1.54, 1.807) is 29.4 Å². The van der Waals surface area contributed by atoms with Gasteiger partial charge in [-0.3, -0.25) is 14.6 Å². The Labute approximate surface area is 193 Å². The van der Waals surface area contributed by atoms with Crippen molar-refractivity contribution in [2.75, 3.05) is 19.6 Å². The number of carbonyl (C=O) groups excluding carboxylic acids is 2. The summed E-state index contributed by atoms with van der Waals surface area (Å²) in [5, 5.41) is 0. The Morgan fingerprint density at radius 2 is 2.03 bits per heavy atom. The predicted octanol–water partition coefficient (Wildman–Crippen LogP) is 3.42. The Kier molecular flexibility index (Phi) is 5.31. The molecule has 5 rings (SSSR count). The highest BCUT2D eigenvalue weighted by Crippen LogP contribution is 2.50. The largest absolute Gasteiger partial charge is 0.456 e. The zero-order chi connectivity index (χ0) is 23.2. The van der Waals surface area contributed by atoms with Gasteiger partial charge in [-0.1, -0.05) is 0 Å². The van der Waals surface area contributed by atoms with E-state index >= 15 is 0 Å². The van der Waals surface area contributed by atoms with E-state index in [9.17, 15) is 9.59 Å². The lowest BCUT2D eigenvalue weighted by Gasteiger charge is -2.27. The van der Waals surface area contributed by atoms with Crippen LogP contribution in [0.3, 0.4) is 0 Å². The van der Waals surface area contributed by atoms with Gasteiger partial charge in [0.1, 0.15) is 5.76 Å². The van der Waals surface area contributed by atoms with Gasteiger partial charge in [0, 0.05) is 56.7 Å². The normalized spacial score (nSPS) is 22.8. The van der Waals surface area contributed by atoms with Gasteiger partial charge in [0.05, 0.1) is 17.4 Å². The van der Waals surface area contributed by atoms with Crippen LogP contribution in [0, 0.1) is 12.3 Å². The van der Waals surface area contributed by atoms with E-state index in [0.29, 0.717) is 44.1 Å². The number of imidazole rings is 1. The zero-order valence-corrected chi connectivity index (χ0v) is 19.3. The number of pyridine rings is 1. The number of rotatable bonds is 5. The molecule has 8 nitrogen and oxygen atoms in total. The average molecular weight is 448 g/mol. The van der Waals surface area contributed by atoms with Crippen LogP contribution in [0.2, 0.25) is 0 Å². The molecule has 2 amide bonds. The van der Waals surface area contributed by atoms with Crippen molar-refractivity contribution >= 4 is 11.8 Å². The third-order valence-electron chi connectivity index (χ3n) is 7.02. The van der Waals surface area contributed by atoms with E-state index in [1.807, 2.05) is 36.5 Å².